The van der Waals surface area contributed by atoms with E-state index in [0.29, 0.717) is 0 Å². The van der Waals surface area contributed by atoms with Crippen molar-refractivity contribution in [1.29, 1.82) is 0 Å². The molecule has 2 fully saturated rings. The minimum absolute atomic E-state index is 0.0561. The van der Waals surface area contributed by atoms with E-state index in [0.717, 1.165) is 0 Å². The average molecular weight is 449 g/mol. The fourth-order valence-electron chi connectivity index (χ4n) is 4.61. The zero-order valence-electron chi connectivity index (χ0n) is 16.9. The topological polar surface area (TPSA) is 91.8 Å². The quantitative estimate of drug-likeness (QED) is 0.713. The summed E-state index contributed by atoms with van der Waals surface area (Å²) in [6.45, 7) is 3.09. The number of carbonyl (C=O) groups excluding carboxylic acids is 1. The summed E-state index contributed by atoms with van der Waals surface area (Å²) in [6.07, 6.45) is 0. The van der Waals surface area contributed by atoms with Crippen molar-refractivity contribution in [2.75, 3.05) is 26.2 Å². The first-order valence-corrected chi connectivity index (χ1v) is 12.5. The van der Waals surface area contributed by atoms with Gasteiger partial charge in [-0.3, -0.25) is 4.79 Å². The molecule has 2 aliphatic rings. The number of piperidine rings is 2. The van der Waals surface area contributed by atoms with Gasteiger partial charge in [-0.05, 0) is 24.3 Å². The first-order chi connectivity index (χ1) is 14.0. The average Bonchev–Trinajstić information content (AvgIpc) is 2.71. The van der Waals surface area contributed by atoms with Gasteiger partial charge in [0.15, 0.2) is 0 Å². The van der Waals surface area contributed by atoms with Crippen LogP contribution in [0.4, 0.5) is 0 Å². The lowest BCUT2D eigenvalue weighted by molar-refractivity contribution is -0.150. The molecule has 9 heteroatoms. The monoisotopic (exact) mass is 448 g/mol. The lowest BCUT2D eigenvalue weighted by Gasteiger charge is -2.53. The van der Waals surface area contributed by atoms with Crippen molar-refractivity contribution in [2.45, 2.75) is 23.6 Å². The Balaban J connectivity index is 1.71. The Kier molecular flexibility index (Phi) is 4.93. The summed E-state index contributed by atoms with van der Waals surface area (Å²) in [7, 11) is -7.59. The Bertz CT molecular complexity index is 1070. The van der Waals surface area contributed by atoms with E-state index >= 15 is 0 Å². The predicted octanol–water partition coefficient (Wildman–Crippen LogP) is 1.98. The van der Waals surface area contributed by atoms with E-state index in [1.54, 1.807) is 50.2 Å². The van der Waals surface area contributed by atoms with Gasteiger partial charge in [-0.15, -0.1) is 0 Å². The maximum atomic E-state index is 13.2. The van der Waals surface area contributed by atoms with Crippen LogP contribution in [0.25, 0.3) is 0 Å². The minimum atomic E-state index is -3.80. The van der Waals surface area contributed by atoms with E-state index in [9.17, 15) is 21.6 Å². The van der Waals surface area contributed by atoms with Gasteiger partial charge in [0.1, 0.15) is 5.78 Å². The standard InChI is InChI=1S/C21H24N2O5S2/c1-20-13-22(29(25,26)17-9-5-3-6-10-17)15-21(2,19(20)24)16-23(14-20)30(27,28)18-11-7-4-8-12-18/h3-12H,13-16H2,1-2H3. The molecule has 2 bridgehead atoms. The number of rotatable bonds is 4. The molecule has 2 aliphatic heterocycles. The SMILES string of the molecule is CC12CN(S(=O)(=O)c3ccccc3)CC(C)(CN(S(=O)(=O)c3ccccc3)C1)C2=O. The number of hydrogen-bond donors (Lipinski definition) is 0. The van der Waals surface area contributed by atoms with Crippen molar-refractivity contribution in [2.24, 2.45) is 10.8 Å². The number of fused-ring (bicyclic) bond motifs is 2. The van der Waals surface area contributed by atoms with E-state index in [1.807, 2.05) is 0 Å². The lowest BCUT2D eigenvalue weighted by Crippen LogP contribution is -2.69. The van der Waals surface area contributed by atoms with E-state index in [-0.39, 0.29) is 41.8 Å². The van der Waals surface area contributed by atoms with Gasteiger partial charge >= 0.3 is 0 Å². The fourth-order valence-corrected chi connectivity index (χ4v) is 8.03. The first kappa shape index (κ1) is 21.2. The van der Waals surface area contributed by atoms with Crippen molar-refractivity contribution in [3.8, 4) is 0 Å². The van der Waals surface area contributed by atoms with Crippen LogP contribution >= 0.6 is 0 Å². The second-order valence-corrected chi connectivity index (χ2v) is 12.5. The number of hydrogen-bond acceptors (Lipinski definition) is 5. The predicted molar refractivity (Wildman–Crippen MR) is 112 cm³/mol. The van der Waals surface area contributed by atoms with Gasteiger partial charge in [0.25, 0.3) is 0 Å². The summed E-state index contributed by atoms with van der Waals surface area (Å²) in [4.78, 5) is 13.6. The van der Waals surface area contributed by atoms with Crippen molar-refractivity contribution >= 4 is 25.8 Å². The molecule has 7 nitrogen and oxygen atoms in total. The van der Waals surface area contributed by atoms with Gasteiger partial charge in [0.05, 0.1) is 20.6 Å². The zero-order chi connectivity index (χ0) is 21.8. The molecule has 0 atom stereocenters. The van der Waals surface area contributed by atoms with Crippen LogP contribution < -0.4 is 0 Å². The summed E-state index contributed by atoms with van der Waals surface area (Å²) in [5.74, 6) is -0.0889. The molecular formula is C21H24N2O5S2. The summed E-state index contributed by atoms with van der Waals surface area (Å²) >= 11 is 0. The molecule has 2 saturated heterocycles. The third-order valence-corrected chi connectivity index (χ3v) is 9.57. The highest BCUT2D eigenvalue weighted by Gasteiger charge is 2.59. The number of benzene rings is 2. The normalized spacial score (nSPS) is 28.4. The molecule has 0 N–H and O–H groups in total. The van der Waals surface area contributed by atoms with E-state index in [1.165, 1.54) is 32.9 Å². The maximum Gasteiger partial charge on any atom is 0.243 e. The molecule has 0 radical (unpaired) electrons. The second-order valence-electron chi connectivity index (χ2n) is 8.62. The first-order valence-electron chi connectivity index (χ1n) is 9.64. The van der Waals surface area contributed by atoms with E-state index in [4.69, 9.17) is 0 Å². The van der Waals surface area contributed by atoms with Crippen molar-refractivity contribution in [3.63, 3.8) is 0 Å². The number of carbonyl (C=O) groups is 1. The Morgan fingerprint density at radius 1 is 0.633 bits per heavy atom. The highest BCUT2D eigenvalue weighted by Crippen LogP contribution is 2.45. The molecule has 2 aromatic rings. The molecule has 2 aromatic carbocycles. The third kappa shape index (κ3) is 3.30. The van der Waals surface area contributed by atoms with Gasteiger partial charge in [-0.2, -0.15) is 8.61 Å². The van der Waals surface area contributed by atoms with Crippen LogP contribution in [0.1, 0.15) is 13.8 Å². The maximum absolute atomic E-state index is 13.2. The highest BCUT2D eigenvalue weighted by molar-refractivity contribution is 7.89. The number of nitrogens with zero attached hydrogens (tertiary/aromatic N) is 2. The van der Waals surface area contributed by atoms with Gasteiger partial charge in [-0.1, -0.05) is 50.2 Å². The minimum Gasteiger partial charge on any atom is -0.298 e. The van der Waals surface area contributed by atoms with Crippen molar-refractivity contribution in [3.05, 3.63) is 60.7 Å². The third-order valence-electron chi connectivity index (χ3n) is 5.96. The van der Waals surface area contributed by atoms with Gasteiger partial charge in [0, 0.05) is 26.2 Å². The molecule has 2 heterocycles. The van der Waals surface area contributed by atoms with E-state index < -0.39 is 30.9 Å². The molecule has 0 unspecified atom stereocenters. The van der Waals surface area contributed by atoms with Crippen LogP contribution in [0.3, 0.4) is 0 Å². The van der Waals surface area contributed by atoms with Crippen molar-refractivity contribution < 1.29 is 21.6 Å². The largest absolute Gasteiger partial charge is 0.298 e. The molecule has 0 amide bonds. The summed E-state index contributed by atoms with van der Waals surface area (Å²) in [5.41, 5.74) is -2.26. The highest BCUT2D eigenvalue weighted by atomic mass is 32.2. The van der Waals surface area contributed by atoms with Crippen LogP contribution in [-0.4, -0.2) is 57.4 Å². The smallest absolute Gasteiger partial charge is 0.243 e. The molecule has 4 rings (SSSR count). The summed E-state index contributed by atoms with van der Waals surface area (Å²) in [6, 6.07) is 16.2. The van der Waals surface area contributed by atoms with Crippen LogP contribution in [-0.2, 0) is 24.8 Å². The number of Topliss-reactive ketones (excluding diaryl/α,β-unsaturated/α-hetero) is 1. The summed E-state index contributed by atoms with van der Waals surface area (Å²) in [5, 5.41) is 0. The lowest BCUT2D eigenvalue weighted by atomic mass is 9.65. The second kappa shape index (κ2) is 6.98. The molecular weight excluding hydrogens is 424 g/mol. The Hall–Kier alpha value is -2.07. The molecule has 160 valence electrons. The van der Waals surface area contributed by atoms with Crippen LogP contribution in [0, 0.1) is 10.8 Å². The van der Waals surface area contributed by atoms with Crippen molar-refractivity contribution in [1.82, 2.24) is 8.61 Å². The molecule has 0 spiro atoms. The van der Waals surface area contributed by atoms with Crippen LogP contribution in [0.5, 0.6) is 0 Å². The fraction of sp³-hybridized carbons (Fsp3) is 0.381. The van der Waals surface area contributed by atoms with E-state index in [2.05, 4.69) is 0 Å². The zero-order valence-corrected chi connectivity index (χ0v) is 18.5. The Labute approximate surface area is 177 Å². The van der Waals surface area contributed by atoms with Gasteiger partial charge in [0.2, 0.25) is 20.0 Å². The summed E-state index contributed by atoms with van der Waals surface area (Å²) < 4.78 is 55.4. The molecule has 0 aromatic heterocycles. The number of ketones is 1. The van der Waals surface area contributed by atoms with Crippen LogP contribution in [0.2, 0.25) is 0 Å². The van der Waals surface area contributed by atoms with Crippen LogP contribution in [0.15, 0.2) is 70.5 Å². The molecule has 0 saturated carbocycles. The molecule has 30 heavy (non-hydrogen) atoms. The Morgan fingerprint density at radius 3 is 1.23 bits per heavy atom. The Morgan fingerprint density at radius 2 is 0.933 bits per heavy atom. The number of sulfonamides is 2. The molecule has 0 aliphatic carbocycles. The van der Waals surface area contributed by atoms with Gasteiger partial charge in [-0.25, -0.2) is 16.8 Å². The van der Waals surface area contributed by atoms with Gasteiger partial charge < -0.3 is 0 Å².